The zero-order valence-corrected chi connectivity index (χ0v) is 16.6. The maximum atomic E-state index is 11.8. The summed E-state index contributed by atoms with van der Waals surface area (Å²) in [6.45, 7) is 10.4. The van der Waals surface area contributed by atoms with Crippen LogP contribution in [0.1, 0.15) is 53.1 Å². The number of alkyl carbamates (subject to hydrolysis) is 1. The van der Waals surface area contributed by atoms with Gasteiger partial charge in [0, 0.05) is 5.69 Å². The first kappa shape index (κ1) is 22.3. The lowest BCUT2D eigenvalue weighted by atomic mass is 10.1. The molecule has 8 nitrogen and oxygen atoms in total. The number of aliphatic carboxylic acids is 1. The monoisotopic (exact) mass is 380 g/mol. The van der Waals surface area contributed by atoms with Crippen molar-refractivity contribution in [2.45, 2.75) is 58.8 Å². The molecular weight excluding hydrogens is 352 g/mol. The minimum absolute atomic E-state index is 0.0187. The van der Waals surface area contributed by atoms with Crippen molar-refractivity contribution in [3.05, 3.63) is 29.8 Å². The molecule has 0 saturated heterocycles. The van der Waals surface area contributed by atoms with E-state index in [9.17, 15) is 19.5 Å². The summed E-state index contributed by atoms with van der Waals surface area (Å²) in [5.41, 5.74) is -0.310. The maximum absolute atomic E-state index is 11.8. The Morgan fingerprint density at radius 3 is 1.93 bits per heavy atom. The van der Waals surface area contributed by atoms with Crippen molar-refractivity contribution in [3.8, 4) is 0 Å². The van der Waals surface area contributed by atoms with Gasteiger partial charge in [0.1, 0.15) is 17.7 Å². The number of nitrogens with one attached hydrogen (secondary N) is 2. The van der Waals surface area contributed by atoms with Crippen molar-refractivity contribution < 1.29 is 29.0 Å². The molecular formula is C19H28N2O6. The predicted octanol–water partition coefficient (Wildman–Crippen LogP) is 3.09. The number of carboxylic acid groups (broad SMARTS) is 1. The Bertz CT molecular complexity index is 671. The van der Waals surface area contributed by atoms with Gasteiger partial charge >= 0.3 is 18.0 Å². The molecule has 0 aliphatic carbocycles. The first-order chi connectivity index (χ1) is 12.3. The molecule has 27 heavy (non-hydrogen) atoms. The van der Waals surface area contributed by atoms with E-state index in [2.05, 4.69) is 10.6 Å². The minimum atomic E-state index is -1.25. The number of benzene rings is 1. The lowest BCUT2D eigenvalue weighted by molar-refractivity contribution is -0.152. The molecule has 1 atom stereocenters. The first-order valence-corrected chi connectivity index (χ1v) is 8.55. The van der Waals surface area contributed by atoms with E-state index < -0.39 is 35.3 Å². The molecule has 1 aromatic carbocycles. The highest BCUT2D eigenvalue weighted by Crippen LogP contribution is 2.18. The summed E-state index contributed by atoms with van der Waals surface area (Å²) in [6, 6.07) is 5.08. The second kappa shape index (κ2) is 8.75. The molecule has 0 radical (unpaired) electrons. The van der Waals surface area contributed by atoms with Crippen LogP contribution >= 0.6 is 0 Å². The van der Waals surface area contributed by atoms with Crippen molar-refractivity contribution in [2.75, 3.05) is 11.9 Å². The largest absolute Gasteiger partial charge is 0.479 e. The summed E-state index contributed by atoms with van der Waals surface area (Å²) < 4.78 is 10.3. The van der Waals surface area contributed by atoms with Crippen LogP contribution in [-0.4, -0.2) is 40.9 Å². The highest BCUT2D eigenvalue weighted by atomic mass is 16.6. The fourth-order valence-electron chi connectivity index (χ4n) is 2.06. The number of amides is 1. The van der Waals surface area contributed by atoms with Gasteiger partial charge in [0.05, 0.1) is 0 Å². The molecule has 150 valence electrons. The van der Waals surface area contributed by atoms with Gasteiger partial charge < -0.3 is 25.2 Å². The third-order valence-corrected chi connectivity index (χ3v) is 3.01. The standard InChI is InChI=1S/C19H28N2O6/c1-18(2,3)26-14(22)11-20-13-9-7-12(8-10-13)15(16(23)24)21-17(25)27-19(4,5)6/h7-10,15,20H,11H2,1-6H3,(H,21,25)(H,23,24)/t15-/m1/s1. The van der Waals surface area contributed by atoms with Gasteiger partial charge in [-0.1, -0.05) is 12.1 Å². The zero-order valence-electron chi connectivity index (χ0n) is 16.6. The Morgan fingerprint density at radius 1 is 0.963 bits per heavy atom. The van der Waals surface area contributed by atoms with E-state index >= 15 is 0 Å². The van der Waals surface area contributed by atoms with Gasteiger partial charge in [-0.15, -0.1) is 0 Å². The van der Waals surface area contributed by atoms with Crippen molar-refractivity contribution in [1.82, 2.24) is 5.32 Å². The van der Waals surface area contributed by atoms with Gasteiger partial charge in [-0.05, 0) is 59.2 Å². The number of hydrogen-bond donors (Lipinski definition) is 3. The predicted molar refractivity (Wildman–Crippen MR) is 101 cm³/mol. The summed E-state index contributed by atoms with van der Waals surface area (Å²) in [4.78, 5) is 35.0. The Labute approximate surface area is 159 Å². The van der Waals surface area contributed by atoms with Crippen molar-refractivity contribution in [3.63, 3.8) is 0 Å². The van der Waals surface area contributed by atoms with E-state index in [0.29, 0.717) is 11.3 Å². The molecule has 0 aromatic heterocycles. The van der Waals surface area contributed by atoms with Crippen molar-refractivity contribution >= 4 is 23.7 Å². The van der Waals surface area contributed by atoms with Crippen LogP contribution in [0.25, 0.3) is 0 Å². The lowest BCUT2D eigenvalue weighted by Gasteiger charge is -2.22. The molecule has 1 aromatic rings. The second-order valence-electron chi connectivity index (χ2n) is 7.98. The number of anilines is 1. The fraction of sp³-hybridized carbons (Fsp3) is 0.526. The van der Waals surface area contributed by atoms with Gasteiger partial charge in [0.2, 0.25) is 0 Å². The first-order valence-electron chi connectivity index (χ1n) is 8.55. The van der Waals surface area contributed by atoms with Crippen LogP contribution in [-0.2, 0) is 19.1 Å². The molecule has 0 aliphatic rings. The van der Waals surface area contributed by atoms with E-state index in [1.165, 1.54) is 0 Å². The summed E-state index contributed by atoms with van der Waals surface area (Å²) >= 11 is 0. The SMILES string of the molecule is CC(C)(C)OC(=O)CNc1ccc([C@@H](NC(=O)OC(C)(C)C)C(=O)O)cc1. The second-order valence-corrected chi connectivity index (χ2v) is 7.98. The van der Waals surface area contributed by atoms with Crippen molar-refractivity contribution in [1.29, 1.82) is 0 Å². The molecule has 3 N–H and O–H groups in total. The van der Waals surface area contributed by atoms with E-state index in [1.54, 1.807) is 65.8 Å². The van der Waals surface area contributed by atoms with Gasteiger partial charge in [-0.2, -0.15) is 0 Å². The zero-order chi connectivity index (χ0) is 20.8. The summed E-state index contributed by atoms with van der Waals surface area (Å²) in [5.74, 6) is -1.61. The molecule has 0 heterocycles. The maximum Gasteiger partial charge on any atom is 0.408 e. The van der Waals surface area contributed by atoms with Crippen LogP contribution in [0.5, 0.6) is 0 Å². The molecule has 0 bridgehead atoms. The Kier molecular flexibility index (Phi) is 7.21. The molecule has 0 spiro atoms. The summed E-state index contributed by atoms with van der Waals surface area (Å²) in [7, 11) is 0. The third kappa shape index (κ3) is 8.94. The molecule has 8 heteroatoms. The van der Waals surface area contributed by atoms with Crippen LogP contribution in [0.2, 0.25) is 0 Å². The van der Waals surface area contributed by atoms with Crippen LogP contribution in [0.15, 0.2) is 24.3 Å². The molecule has 0 unspecified atom stereocenters. The Hall–Kier alpha value is -2.77. The Balaban J connectivity index is 2.72. The number of carbonyl (C=O) groups is 3. The number of hydrogen-bond acceptors (Lipinski definition) is 6. The summed E-state index contributed by atoms with van der Waals surface area (Å²) in [5, 5.41) is 14.6. The summed E-state index contributed by atoms with van der Waals surface area (Å²) in [6.07, 6.45) is -0.818. The van der Waals surface area contributed by atoms with Gasteiger partial charge in [-0.3, -0.25) is 4.79 Å². The number of rotatable bonds is 6. The smallest absolute Gasteiger partial charge is 0.408 e. The molecule has 1 amide bonds. The van der Waals surface area contributed by atoms with Crippen LogP contribution in [0.4, 0.5) is 10.5 Å². The number of esters is 1. The average Bonchev–Trinajstić information content (AvgIpc) is 2.47. The quantitative estimate of drug-likeness (QED) is 0.650. The Morgan fingerprint density at radius 2 is 1.48 bits per heavy atom. The minimum Gasteiger partial charge on any atom is -0.479 e. The molecule has 0 aliphatic heterocycles. The molecule has 1 rings (SSSR count). The molecule has 0 fully saturated rings. The van der Waals surface area contributed by atoms with Crippen LogP contribution in [0, 0.1) is 0 Å². The molecule has 0 saturated carbocycles. The third-order valence-electron chi connectivity index (χ3n) is 3.01. The van der Waals surface area contributed by atoms with Crippen LogP contribution in [0.3, 0.4) is 0 Å². The lowest BCUT2D eigenvalue weighted by Crippen LogP contribution is -2.38. The number of carboxylic acids is 1. The highest BCUT2D eigenvalue weighted by Gasteiger charge is 2.25. The van der Waals surface area contributed by atoms with Gasteiger partial charge in [-0.25, -0.2) is 9.59 Å². The topological polar surface area (TPSA) is 114 Å². The fourth-order valence-corrected chi connectivity index (χ4v) is 2.06. The van der Waals surface area contributed by atoms with E-state index in [4.69, 9.17) is 9.47 Å². The van der Waals surface area contributed by atoms with Gasteiger partial charge in [0.15, 0.2) is 6.04 Å². The van der Waals surface area contributed by atoms with Crippen LogP contribution < -0.4 is 10.6 Å². The van der Waals surface area contributed by atoms with E-state index in [1.807, 2.05) is 0 Å². The van der Waals surface area contributed by atoms with E-state index in [-0.39, 0.29) is 6.54 Å². The number of ether oxygens (including phenoxy) is 2. The highest BCUT2D eigenvalue weighted by molar-refractivity contribution is 5.81. The van der Waals surface area contributed by atoms with Gasteiger partial charge in [0.25, 0.3) is 0 Å². The average molecular weight is 380 g/mol. The normalized spacial score (nSPS) is 12.7. The van der Waals surface area contributed by atoms with Crippen molar-refractivity contribution in [2.24, 2.45) is 0 Å². The number of carbonyl (C=O) groups excluding carboxylic acids is 2. The van der Waals surface area contributed by atoms with E-state index in [0.717, 1.165) is 0 Å².